The zero-order valence-electron chi connectivity index (χ0n) is 5.69. The van der Waals surface area contributed by atoms with Gasteiger partial charge in [0.2, 0.25) is 0 Å². The topological polar surface area (TPSA) is 49.4 Å². The summed E-state index contributed by atoms with van der Waals surface area (Å²) in [6.07, 6.45) is -0.188. The molecular weight excluding hydrogens is 163 g/mol. The van der Waals surface area contributed by atoms with Crippen LogP contribution < -0.4 is 14.9 Å². The Morgan fingerprint density at radius 3 is 2.91 bits per heavy atom. The van der Waals surface area contributed by atoms with Crippen molar-refractivity contribution in [2.45, 2.75) is 0 Å². The number of ether oxygens (including phenoxy) is 1. The maximum absolute atomic E-state index is 11.2. The molecule has 0 saturated heterocycles. The SMILES string of the molecule is O=P1([O-])COc2ccccc21. The monoisotopic (exact) mass is 169 g/mol. The molecule has 3 nitrogen and oxygen atoms in total. The molecule has 0 N–H and O–H groups in total. The lowest BCUT2D eigenvalue weighted by atomic mass is 10.3. The van der Waals surface area contributed by atoms with Crippen molar-refractivity contribution in [3.63, 3.8) is 0 Å². The van der Waals surface area contributed by atoms with Gasteiger partial charge in [0.15, 0.2) is 0 Å². The highest BCUT2D eigenvalue weighted by Crippen LogP contribution is 2.43. The number of fused-ring (bicyclic) bond motifs is 1. The average Bonchev–Trinajstić information content (AvgIpc) is 2.29. The van der Waals surface area contributed by atoms with E-state index in [1.165, 1.54) is 0 Å². The molecular formula is C7H6O3P-. The number of rotatable bonds is 0. The van der Waals surface area contributed by atoms with Gasteiger partial charge in [-0.2, -0.15) is 0 Å². The van der Waals surface area contributed by atoms with Crippen LogP contribution in [0.25, 0.3) is 0 Å². The normalized spacial score (nSPS) is 27.7. The molecule has 4 heteroatoms. The molecule has 1 heterocycles. The lowest BCUT2D eigenvalue weighted by Crippen LogP contribution is -2.11. The first-order valence-corrected chi connectivity index (χ1v) is 5.04. The Morgan fingerprint density at radius 1 is 1.45 bits per heavy atom. The molecule has 0 aliphatic carbocycles. The van der Waals surface area contributed by atoms with Crippen molar-refractivity contribution in [2.75, 3.05) is 6.35 Å². The van der Waals surface area contributed by atoms with E-state index in [-0.39, 0.29) is 6.35 Å². The Kier molecular flexibility index (Phi) is 1.31. The summed E-state index contributed by atoms with van der Waals surface area (Å²) in [7, 11) is -3.41. The molecule has 1 aromatic carbocycles. The molecule has 1 atom stereocenters. The van der Waals surface area contributed by atoms with Crippen LogP contribution in [0.15, 0.2) is 24.3 Å². The average molecular weight is 169 g/mol. The lowest BCUT2D eigenvalue weighted by Gasteiger charge is -2.13. The Balaban J connectivity index is 2.65. The number of para-hydroxylation sites is 1. The predicted octanol–water partition coefficient (Wildman–Crippen LogP) is 0.300. The van der Waals surface area contributed by atoms with Gasteiger partial charge in [-0.25, -0.2) is 0 Å². The van der Waals surface area contributed by atoms with Crippen LogP contribution in [0.5, 0.6) is 5.75 Å². The van der Waals surface area contributed by atoms with Crippen molar-refractivity contribution in [3.8, 4) is 5.75 Å². The molecule has 0 spiro atoms. The second-order valence-electron chi connectivity index (χ2n) is 2.41. The van der Waals surface area contributed by atoms with Crippen LogP contribution >= 0.6 is 7.37 Å². The quantitative estimate of drug-likeness (QED) is 0.525. The van der Waals surface area contributed by atoms with Crippen LogP contribution in [-0.4, -0.2) is 6.35 Å². The molecule has 0 bridgehead atoms. The van der Waals surface area contributed by atoms with E-state index in [9.17, 15) is 9.46 Å². The molecule has 1 aliphatic heterocycles. The molecule has 0 fully saturated rings. The first-order chi connectivity index (χ1) is 5.20. The molecule has 1 aliphatic rings. The van der Waals surface area contributed by atoms with Gasteiger partial charge in [-0.05, 0) is 12.1 Å². The summed E-state index contributed by atoms with van der Waals surface area (Å²) in [5, 5.41) is 0.333. The van der Waals surface area contributed by atoms with E-state index >= 15 is 0 Å². The Hall–Kier alpha value is -0.790. The van der Waals surface area contributed by atoms with E-state index in [1.54, 1.807) is 24.3 Å². The summed E-state index contributed by atoms with van der Waals surface area (Å²) in [5.41, 5.74) is 0. The third kappa shape index (κ3) is 0.971. The fourth-order valence-corrected chi connectivity index (χ4v) is 2.32. The van der Waals surface area contributed by atoms with E-state index in [4.69, 9.17) is 4.74 Å². The smallest absolute Gasteiger partial charge is 0.132 e. The highest BCUT2D eigenvalue weighted by atomic mass is 31.2. The van der Waals surface area contributed by atoms with Crippen LogP contribution in [-0.2, 0) is 4.57 Å². The van der Waals surface area contributed by atoms with E-state index in [0.717, 1.165) is 0 Å². The van der Waals surface area contributed by atoms with Gasteiger partial charge in [0.05, 0.1) is 7.37 Å². The van der Waals surface area contributed by atoms with E-state index in [1.807, 2.05) is 0 Å². The van der Waals surface area contributed by atoms with Crippen LogP contribution in [0.3, 0.4) is 0 Å². The van der Waals surface area contributed by atoms with Crippen molar-refractivity contribution in [2.24, 2.45) is 0 Å². The Bertz CT molecular complexity index is 334. The van der Waals surface area contributed by atoms with Crippen molar-refractivity contribution < 1.29 is 14.2 Å². The standard InChI is InChI=1S/C7H7O3P/c8-11(9)5-10-6-3-1-2-4-7(6)11/h1-4H,5H2,(H,8,9)/p-1. The molecule has 0 aromatic heterocycles. The van der Waals surface area contributed by atoms with Crippen molar-refractivity contribution in [1.29, 1.82) is 0 Å². The molecule has 1 aromatic rings. The van der Waals surface area contributed by atoms with Gasteiger partial charge in [-0.3, -0.25) is 0 Å². The van der Waals surface area contributed by atoms with Gasteiger partial charge < -0.3 is 14.2 Å². The number of hydrogen-bond acceptors (Lipinski definition) is 3. The van der Waals surface area contributed by atoms with Gasteiger partial charge in [-0.15, -0.1) is 0 Å². The molecule has 0 saturated carbocycles. The number of benzene rings is 1. The predicted molar refractivity (Wildman–Crippen MR) is 39.2 cm³/mol. The summed E-state index contributed by atoms with van der Waals surface area (Å²) in [6, 6.07) is 6.67. The van der Waals surface area contributed by atoms with E-state index < -0.39 is 7.37 Å². The summed E-state index contributed by atoms with van der Waals surface area (Å²) >= 11 is 0. The van der Waals surface area contributed by atoms with Crippen molar-refractivity contribution in [3.05, 3.63) is 24.3 Å². The largest absolute Gasteiger partial charge is 0.794 e. The fraction of sp³-hybridized carbons (Fsp3) is 0.143. The minimum Gasteiger partial charge on any atom is -0.794 e. The molecule has 11 heavy (non-hydrogen) atoms. The minimum absolute atomic E-state index is 0.188. The van der Waals surface area contributed by atoms with Gasteiger partial charge >= 0.3 is 0 Å². The second-order valence-corrected chi connectivity index (χ2v) is 4.50. The Morgan fingerprint density at radius 2 is 2.18 bits per heavy atom. The molecule has 58 valence electrons. The van der Waals surface area contributed by atoms with Gasteiger partial charge in [-0.1, -0.05) is 12.1 Å². The van der Waals surface area contributed by atoms with Crippen LogP contribution in [0.4, 0.5) is 0 Å². The third-order valence-electron chi connectivity index (χ3n) is 1.62. The van der Waals surface area contributed by atoms with Crippen LogP contribution in [0.2, 0.25) is 0 Å². The summed E-state index contributed by atoms with van der Waals surface area (Å²) in [6.45, 7) is 0. The van der Waals surface area contributed by atoms with Gasteiger partial charge in [0, 0.05) is 5.30 Å². The zero-order chi connectivity index (χ0) is 7.90. The third-order valence-corrected chi connectivity index (χ3v) is 3.19. The Labute approximate surface area is 64.1 Å². The summed E-state index contributed by atoms with van der Waals surface area (Å²) in [4.78, 5) is 11.2. The van der Waals surface area contributed by atoms with Crippen molar-refractivity contribution in [1.82, 2.24) is 0 Å². The summed E-state index contributed by atoms with van der Waals surface area (Å²) in [5.74, 6) is 0.478. The first-order valence-electron chi connectivity index (χ1n) is 3.23. The summed E-state index contributed by atoms with van der Waals surface area (Å²) < 4.78 is 16.1. The molecule has 2 rings (SSSR count). The lowest BCUT2D eigenvalue weighted by molar-refractivity contribution is -0.172. The highest BCUT2D eigenvalue weighted by Gasteiger charge is 2.23. The first kappa shape index (κ1) is 6.89. The van der Waals surface area contributed by atoms with Crippen LogP contribution in [0, 0.1) is 0 Å². The molecule has 0 radical (unpaired) electrons. The highest BCUT2D eigenvalue weighted by molar-refractivity contribution is 7.65. The van der Waals surface area contributed by atoms with E-state index in [0.29, 0.717) is 11.1 Å². The van der Waals surface area contributed by atoms with E-state index in [2.05, 4.69) is 0 Å². The maximum Gasteiger partial charge on any atom is 0.132 e. The zero-order valence-corrected chi connectivity index (χ0v) is 6.58. The number of hydrogen-bond donors (Lipinski definition) is 0. The fourth-order valence-electron chi connectivity index (χ4n) is 1.08. The molecule has 1 unspecified atom stereocenters. The second kappa shape index (κ2) is 2.10. The van der Waals surface area contributed by atoms with Gasteiger partial charge in [0.25, 0.3) is 0 Å². The van der Waals surface area contributed by atoms with Crippen LogP contribution in [0.1, 0.15) is 0 Å². The van der Waals surface area contributed by atoms with Crippen molar-refractivity contribution >= 4 is 12.7 Å². The maximum atomic E-state index is 11.2. The minimum atomic E-state index is -3.41. The van der Waals surface area contributed by atoms with Gasteiger partial charge in [0.1, 0.15) is 12.1 Å². The molecule has 0 amide bonds.